The first-order chi connectivity index (χ1) is 13.1. The van der Waals surface area contributed by atoms with Gasteiger partial charge in [-0.15, -0.1) is 0 Å². The maximum absolute atomic E-state index is 12.5. The molecule has 0 aliphatic rings. The van der Waals surface area contributed by atoms with Gasteiger partial charge in [-0.2, -0.15) is 21.6 Å². The number of halogens is 3. The monoisotopic (exact) mass is 416 g/mol. The molecule has 0 spiro atoms. The van der Waals surface area contributed by atoms with E-state index in [4.69, 9.17) is 0 Å². The third kappa shape index (κ3) is 5.80. The van der Waals surface area contributed by atoms with E-state index >= 15 is 0 Å². The second kappa shape index (κ2) is 9.20. The number of carbonyl (C=O) groups excluding carboxylic acids is 1. The normalized spacial score (nSPS) is 13.1. The number of esters is 1. The summed E-state index contributed by atoms with van der Waals surface area (Å²) in [5.74, 6) is -1.16. The zero-order chi connectivity index (χ0) is 20.8. The summed E-state index contributed by atoms with van der Waals surface area (Å²) in [4.78, 5) is 11.8. The quantitative estimate of drug-likeness (QED) is 0.368. The Hall–Kier alpha value is -2.39. The zero-order valence-electron chi connectivity index (χ0n) is 15.0. The Balaban J connectivity index is 2.09. The zero-order valence-corrected chi connectivity index (χ0v) is 15.8. The van der Waals surface area contributed by atoms with Gasteiger partial charge in [-0.3, -0.25) is 0 Å². The van der Waals surface area contributed by atoms with E-state index in [1.807, 2.05) is 42.5 Å². The highest BCUT2D eigenvalue weighted by molar-refractivity contribution is 7.87. The van der Waals surface area contributed by atoms with Crippen molar-refractivity contribution in [2.24, 2.45) is 0 Å². The molecule has 28 heavy (non-hydrogen) atoms. The van der Waals surface area contributed by atoms with Gasteiger partial charge < -0.3 is 4.74 Å². The van der Waals surface area contributed by atoms with Crippen molar-refractivity contribution in [3.63, 3.8) is 0 Å². The molecule has 0 unspecified atom stereocenters. The highest BCUT2D eigenvalue weighted by Gasteiger charge is 2.49. The first-order valence-electron chi connectivity index (χ1n) is 8.44. The molecule has 2 rings (SSSR count). The van der Waals surface area contributed by atoms with Gasteiger partial charge in [0.1, 0.15) is 0 Å². The Bertz CT molecular complexity index is 878. The number of alkyl halides is 3. The van der Waals surface area contributed by atoms with Gasteiger partial charge in [0.2, 0.25) is 0 Å². The molecule has 2 aromatic rings. The molecule has 2 aromatic carbocycles. The largest absolute Gasteiger partial charge is 0.523 e. The van der Waals surface area contributed by atoms with Crippen LogP contribution in [-0.4, -0.2) is 32.6 Å². The van der Waals surface area contributed by atoms with Crippen LogP contribution >= 0.6 is 0 Å². The molecule has 0 bridgehead atoms. The average Bonchev–Trinajstić information content (AvgIpc) is 2.65. The van der Waals surface area contributed by atoms with Crippen LogP contribution in [0.4, 0.5) is 13.2 Å². The summed E-state index contributed by atoms with van der Waals surface area (Å²) in [5, 5.41) is 0. The van der Waals surface area contributed by atoms with Crippen LogP contribution in [0.1, 0.15) is 18.9 Å². The van der Waals surface area contributed by atoms with Gasteiger partial charge in [-0.25, -0.2) is 8.98 Å². The number of hydrogen-bond acceptors (Lipinski definition) is 5. The standard InChI is InChI=1S/C19H19F3O5S/c1-2-26-18(23)17(27-28(24,25)19(20,21)22)13-10-14-8-11-16(12-9-14)15-6-4-3-5-7-15/h3-9,11-12,17H,2,10,13H2,1H3/t17-/m1/s1. The fraction of sp³-hybridized carbons (Fsp3) is 0.316. The first-order valence-corrected chi connectivity index (χ1v) is 9.85. The minimum absolute atomic E-state index is 0.115. The molecule has 0 heterocycles. The van der Waals surface area contributed by atoms with E-state index in [-0.39, 0.29) is 19.4 Å². The molecule has 0 saturated heterocycles. The number of benzene rings is 2. The van der Waals surface area contributed by atoms with Crippen LogP contribution in [0.2, 0.25) is 0 Å². The highest BCUT2D eigenvalue weighted by Crippen LogP contribution is 2.27. The van der Waals surface area contributed by atoms with E-state index in [1.54, 1.807) is 12.1 Å². The van der Waals surface area contributed by atoms with Crippen LogP contribution in [0.25, 0.3) is 11.1 Å². The molecule has 0 aliphatic carbocycles. The molecule has 9 heteroatoms. The van der Waals surface area contributed by atoms with Gasteiger partial charge >= 0.3 is 21.6 Å². The lowest BCUT2D eigenvalue weighted by Gasteiger charge is -2.17. The third-order valence-corrected chi connectivity index (χ3v) is 4.88. The summed E-state index contributed by atoms with van der Waals surface area (Å²) in [6.45, 7) is 1.34. The lowest BCUT2D eigenvalue weighted by atomic mass is 10.0. The molecular formula is C19H19F3O5S. The molecule has 0 fully saturated rings. The summed E-state index contributed by atoms with van der Waals surface area (Å²) < 4.78 is 68.8. The van der Waals surface area contributed by atoms with Crippen LogP contribution in [0.15, 0.2) is 54.6 Å². The number of ether oxygens (including phenoxy) is 1. The summed E-state index contributed by atoms with van der Waals surface area (Å²) in [6.07, 6.45) is -2.02. The fourth-order valence-electron chi connectivity index (χ4n) is 2.44. The van der Waals surface area contributed by atoms with Crippen molar-refractivity contribution in [3.8, 4) is 11.1 Å². The van der Waals surface area contributed by atoms with E-state index in [0.717, 1.165) is 11.1 Å². The van der Waals surface area contributed by atoms with Gasteiger partial charge in [-0.05, 0) is 36.5 Å². The summed E-state index contributed by atoms with van der Waals surface area (Å²) in [6, 6.07) is 16.7. The molecule has 0 N–H and O–H groups in total. The second-order valence-corrected chi connectivity index (χ2v) is 7.40. The van der Waals surface area contributed by atoms with E-state index in [0.29, 0.717) is 5.56 Å². The van der Waals surface area contributed by atoms with E-state index in [1.165, 1.54) is 6.92 Å². The molecule has 5 nitrogen and oxygen atoms in total. The Morgan fingerprint density at radius 1 is 1.00 bits per heavy atom. The second-order valence-electron chi connectivity index (χ2n) is 5.84. The van der Waals surface area contributed by atoms with Crippen LogP contribution in [-0.2, 0) is 30.3 Å². The number of hydrogen-bond donors (Lipinski definition) is 0. The minimum atomic E-state index is -5.91. The lowest BCUT2D eigenvalue weighted by Crippen LogP contribution is -2.35. The predicted molar refractivity (Wildman–Crippen MR) is 96.7 cm³/mol. The van der Waals surface area contributed by atoms with Crippen molar-refractivity contribution in [1.29, 1.82) is 0 Å². The highest BCUT2D eigenvalue weighted by atomic mass is 32.2. The third-order valence-electron chi connectivity index (χ3n) is 3.83. The Labute approximate surface area is 161 Å². The van der Waals surface area contributed by atoms with Crippen molar-refractivity contribution < 1.29 is 35.3 Å². The van der Waals surface area contributed by atoms with E-state index in [9.17, 15) is 26.4 Å². The Morgan fingerprint density at radius 2 is 1.57 bits per heavy atom. The smallest absolute Gasteiger partial charge is 0.464 e. The predicted octanol–water partition coefficient (Wildman–Crippen LogP) is 4.08. The average molecular weight is 416 g/mol. The van der Waals surface area contributed by atoms with Crippen molar-refractivity contribution in [2.75, 3.05) is 6.61 Å². The minimum Gasteiger partial charge on any atom is -0.464 e. The van der Waals surface area contributed by atoms with Crippen molar-refractivity contribution in [2.45, 2.75) is 31.4 Å². The molecule has 1 atom stereocenters. The molecule has 0 radical (unpaired) electrons. The Kier molecular flexibility index (Phi) is 7.20. The number of rotatable bonds is 8. The van der Waals surface area contributed by atoms with Crippen LogP contribution in [0.5, 0.6) is 0 Å². The fourth-order valence-corrected chi connectivity index (χ4v) is 3.03. The van der Waals surface area contributed by atoms with Crippen molar-refractivity contribution >= 4 is 16.1 Å². The molecule has 0 aromatic heterocycles. The van der Waals surface area contributed by atoms with Crippen LogP contribution in [0, 0.1) is 0 Å². The lowest BCUT2D eigenvalue weighted by molar-refractivity contribution is -0.152. The van der Waals surface area contributed by atoms with Crippen molar-refractivity contribution in [1.82, 2.24) is 0 Å². The van der Waals surface area contributed by atoms with Gasteiger partial charge in [0.25, 0.3) is 0 Å². The molecule has 0 amide bonds. The number of aryl methyl sites for hydroxylation is 1. The van der Waals surface area contributed by atoms with Gasteiger partial charge in [0, 0.05) is 0 Å². The van der Waals surface area contributed by atoms with Crippen LogP contribution in [0.3, 0.4) is 0 Å². The molecule has 0 saturated carbocycles. The number of carbonyl (C=O) groups is 1. The van der Waals surface area contributed by atoms with Gasteiger partial charge in [0.05, 0.1) is 6.61 Å². The van der Waals surface area contributed by atoms with Crippen LogP contribution < -0.4 is 0 Å². The maximum atomic E-state index is 12.5. The van der Waals surface area contributed by atoms with Crippen molar-refractivity contribution in [3.05, 3.63) is 60.2 Å². The van der Waals surface area contributed by atoms with Gasteiger partial charge in [-0.1, -0.05) is 54.6 Å². The molecule has 0 aliphatic heterocycles. The van der Waals surface area contributed by atoms with E-state index < -0.39 is 27.7 Å². The Morgan fingerprint density at radius 3 is 2.11 bits per heavy atom. The topological polar surface area (TPSA) is 69.7 Å². The summed E-state index contributed by atoms with van der Waals surface area (Å²) >= 11 is 0. The summed E-state index contributed by atoms with van der Waals surface area (Å²) in [7, 11) is -5.91. The molecular weight excluding hydrogens is 397 g/mol. The molecule has 152 valence electrons. The maximum Gasteiger partial charge on any atom is 0.523 e. The first kappa shape index (κ1) is 21.9. The van der Waals surface area contributed by atoms with Gasteiger partial charge in [0.15, 0.2) is 6.10 Å². The summed E-state index contributed by atoms with van der Waals surface area (Å²) in [5.41, 5.74) is -2.96. The van der Waals surface area contributed by atoms with E-state index in [2.05, 4.69) is 8.92 Å². The SMILES string of the molecule is CCOC(=O)[C@@H](CCc1ccc(-c2ccccc2)cc1)OS(=O)(=O)C(F)(F)F.